The van der Waals surface area contributed by atoms with E-state index in [-0.39, 0.29) is 30.9 Å². The molecular formula is C28H35NO4. The number of aryl methyl sites for hydroxylation is 2. The predicted molar refractivity (Wildman–Crippen MR) is 130 cm³/mol. The van der Waals surface area contributed by atoms with Crippen molar-refractivity contribution in [1.29, 1.82) is 0 Å². The topological polar surface area (TPSA) is 71.1 Å². The molecule has 2 aromatic carbocycles. The summed E-state index contributed by atoms with van der Waals surface area (Å²) in [5.41, 5.74) is 4.25. The minimum atomic E-state index is -0.898. The number of carboxylic acids is 1. The van der Waals surface area contributed by atoms with E-state index in [0.717, 1.165) is 23.1 Å². The largest absolute Gasteiger partial charge is 0.493 e. The van der Waals surface area contributed by atoms with E-state index in [1.807, 2.05) is 25.1 Å². The summed E-state index contributed by atoms with van der Waals surface area (Å²) in [5, 5.41) is 19.8. The SMILES string of the molecule is [C-]#[N+][C@@H]1C[C@@H](O)C(c2ccc(CCCCCC)cc2)C1c1ccc(C)c(OCCC(=O)O)c1. The molecule has 1 aliphatic rings. The minimum absolute atomic E-state index is 0.0656. The van der Waals surface area contributed by atoms with Crippen molar-refractivity contribution in [3.8, 4) is 5.75 Å². The van der Waals surface area contributed by atoms with Gasteiger partial charge in [0.05, 0.1) is 31.5 Å². The number of benzene rings is 2. The molecule has 0 radical (unpaired) electrons. The van der Waals surface area contributed by atoms with Crippen LogP contribution in [0.5, 0.6) is 5.75 Å². The summed E-state index contributed by atoms with van der Waals surface area (Å²) in [7, 11) is 0. The average Bonchev–Trinajstić information content (AvgIpc) is 3.14. The molecule has 0 saturated heterocycles. The highest BCUT2D eigenvalue weighted by Gasteiger charge is 2.48. The Morgan fingerprint density at radius 1 is 1.09 bits per heavy atom. The molecule has 4 atom stereocenters. The highest BCUT2D eigenvalue weighted by atomic mass is 16.5. The Balaban J connectivity index is 1.82. The third-order valence-corrected chi connectivity index (χ3v) is 6.72. The number of aliphatic hydroxyl groups excluding tert-OH is 1. The zero-order chi connectivity index (χ0) is 23.8. The lowest BCUT2D eigenvalue weighted by molar-refractivity contribution is -0.137. The maximum Gasteiger partial charge on any atom is 0.306 e. The highest BCUT2D eigenvalue weighted by Crippen LogP contribution is 2.48. The number of aliphatic hydroxyl groups is 1. The van der Waals surface area contributed by atoms with E-state index in [1.165, 1.54) is 31.2 Å². The Bertz CT molecular complexity index is 963. The van der Waals surface area contributed by atoms with Crippen molar-refractivity contribution in [2.24, 2.45) is 0 Å². The maximum atomic E-state index is 10.9. The van der Waals surface area contributed by atoms with Gasteiger partial charge < -0.3 is 19.8 Å². The Kier molecular flexibility index (Phi) is 8.91. The summed E-state index contributed by atoms with van der Waals surface area (Å²) < 4.78 is 5.73. The van der Waals surface area contributed by atoms with Gasteiger partial charge in [0.15, 0.2) is 0 Å². The molecule has 1 saturated carbocycles. The fourth-order valence-corrected chi connectivity index (χ4v) is 4.90. The summed E-state index contributed by atoms with van der Waals surface area (Å²) in [4.78, 5) is 14.7. The lowest BCUT2D eigenvalue weighted by Crippen LogP contribution is -2.18. The van der Waals surface area contributed by atoms with Crippen LogP contribution in [0.4, 0.5) is 0 Å². The molecule has 0 amide bonds. The molecule has 2 N–H and O–H groups in total. The van der Waals surface area contributed by atoms with Gasteiger partial charge in [0, 0.05) is 5.92 Å². The fourth-order valence-electron chi connectivity index (χ4n) is 4.90. The molecular weight excluding hydrogens is 414 g/mol. The van der Waals surface area contributed by atoms with Gasteiger partial charge in [-0.05, 0) is 48.1 Å². The fraction of sp³-hybridized carbons (Fsp3) is 0.500. The number of aliphatic carboxylic acids is 1. The molecule has 176 valence electrons. The molecule has 1 aliphatic carbocycles. The first-order valence-electron chi connectivity index (χ1n) is 12.0. The van der Waals surface area contributed by atoms with Crippen LogP contribution >= 0.6 is 0 Å². The quantitative estimate of drug-likeness (QED) is 0.331. The third kappa shape index (κ3) is 6.36. The van der Waals surface area contributed by atoms with Crippen molar-refractivity contribution < 1.29 is 19.7 Å². The van der Waals surface area contributed by atoms with E-state index in [1.54, 1.807) is 0 Å². The first-order chi connectivity index (χ1) is 15.9. The van der Waals surface area contributed by atoms with Gasteiger partial charge in [0.1, 0.15) is 5.75 Å². The summed E-state index contributed by atoms with van der Waals surface area (Å²) in [6.07, 6.45) is 5.80. The summed E-state index contributed by atoms with van der Waals surface area (Å²) in [6.45, 7) is 12.0. The van der Waals surface area contributed by atoms with E-state index in [9.17, 15) is 9.90 Å². The molecule has 3 rings (SSSR count). The molecule has 2 unspecified atom stereocenters. The molecule has 5 heteroatoms. The van der Waals surface area contributed by atoms with Gasteiger partial charge in [-0.3, -0.25) is 4.79 Å². The lowest BCUT2D eigenvalue weighted by Gasteiger charge is -2.23. The number of carboxylic acid groups (broad SMARTS) is 1. The number of unbranched alkanes of at least 4 members (excludes halogenated alkanes) is 3. The molecule has 1 fully saturated rings. The van der Waals surface area contributed by atoms with Gasteiger partial charge in [-0.1, -0.05) is 62.6 Å². The van der Waals surface area contributed by atoms with E-state index in [2.05, 4.69) is 36.0 Å². The van der Waals surface area contributed by atoms with Gasteiger partial charge in [-0.2, -0.15) is 0 Å². The zero-order valence-corrected chi connectivity index (χ0v) is 19.7. The molecule has 0 aliphatic heterocycles. The molecule has 2 aromatic rings. The summed E-state index contributed by atoms with van der Waals surface area (Å²) in [6, 6.07) is 14.1. The van der Waals surface area contributed by atoms with Gasteiger partial charge in [0.25, 0.3) is 0 Å². The number of ether oxygens (including phenoxy) is 1. The number of hydrogen-bond donors (Lipinski definition) is 2. The first kappa shape index (κ1) is 24.8. The van der Waals surface area contributed by atoms with Crippen LogP contribution in [0.25, 0.3) is 4.85 Å². The second-order valence-electron chi connectivity index (χ2n) is 9.12. The van der Waals surface area contributed by atoms with Crippen molar-refractivity contribution in [3.63, 3.8) is 0 Å². The number of rotatable bonds is 11. The number of nitrogens with zero attached hydrogens (tertiary/aromatic N) is 1. The number of hydrogen-bond acceptors (Lipinski definition) is 3. The monoisotopic (exact) mass is 449 g/mol. The van der Waals surface area contributed by atoms with E-state index >= 15 is 0 Å². The second-order valence-corrected chi connectivity index (χ2v) is 9.12. The van der Waals surface area contributed by atoms with E-state index in [4.69, 9.17) is 16.4 Å². The van der Waals surface area contributed by atoms with Crippen LogP contribution in [0.15, 0.2) is 42.5 Å². The van der Waals surface area contributed by atoms with Crippen LogP contribution in [0.1, 0.15) is 79.5 Å². The molecule has 0 heterocycles. The first-order valence-corrected chi connectivity index (χ1v) is 12.0. The Morgan fingerprint density at radius 2 is 1.82 bits per heavy atom. The van der Waals surface area contributed by atoms with Gasteiger partial charge >= 0.3 is 5.97 Å². The lowest BCUT2D eigenvalue weighted by atomic mass is 9.81. The van der Waals surface area contributed by atoms with Gasteiger partial charge in [0.2, 0.25) is 6.04 Å². The molecule has 0 aromatic heterocycles. The van der Waals surface area contributed by atoms with E-state index in [0.29, 0.717) is 12.2 Å². The Morgan fingerprint density at radius 3 is 2.48 bits per heavy atom. The van der Waals surface area contributed by atoms with Crippen molar-refractivity contribution in [2.75, 3.05) is 6.61 Å². The Labute approximate surface area is 197 Å². The molecule has 0 spiro atoms. The van der Waals surface area contributed by atoms with Crippen molar-refractivity contribution in [1.82, 2.24) is 0 Å². The standard InChI is InChI=1S/C28H35NO4/c1-4-5-6-7-8-20-10-13-21(14-11-20)28-24(30)18-23(29-3)27(28)22-12-9-19(2)25(17-22)33-16-15-26(31)32/h9-14,17,23-24,27-28,30H,4-8,15-16,18H2,1-2H3,(H,31,32)/t23-,24-,27?,28?/m1/s1. The molecule has 33 heavy (non-hydrogen) atoms. The van der Waals surface area contributed by atoms with Crippen molar-refractivity contribution in [2.45, 2.75) is 82.8 Å². The molecule has 0 bridgehead atoms. The van der Waals surface area contributed by atoms with Gasteiger partial charge in [-0.15, -0.1) is 0 Å². The van der Waals surface area contributed by atoms with Crippen LogP contribution in [0.3, 0.4) is 0 Å². The summed E-state index contributed by atoms with van der Waals surface area (Å²) in [5.74, 6) is -0.562. The van der Waals surface area contributed by atoms with Gasteiger partial charge in [-0.25, -0.2) is 6.57 Å². The average molecular weight is 450 g/mol. The van der Waals surface area contributed by atoms with Crippen LogP contribution in [0, 0.1) is 13.5 Å². The Hall–Kier alpha value is -2.84. The minimum Gasteiger partial charge on any atom is -0.493 e. The number of carbonyl (C=O) groups is 1. The van der Waals surface area contributed by atoms with Crippen LogP contribution < -0.4 is 4.74 Å². The van der Waals surface area contributed by atoms with Crippen LogP contribution in [0.2, 0.25) is 0 Å². The summed E-state index contributed by atoms with van der Waals surface area (Å²) >= 11 is 0. The van der Waals surface area contributed by atoms with Crippen LogP contribution in [-0.2, 0) is 11.2 Å². The van der Waals surface area contributed by atoms with E-state index < -0.39 is 12.1 Å². The van der Waals surface area contributed by atoms with Crippen molar-refractivity contribution >= 4 is 5.97 Å². The zero-order valence-electron chi connectivity index (χ0n) is 19.7. The van der Waals surface area contributed by atoms with Crippen molar-refractivity contribution in [3.05, 3.63) is 76.1 Å². The maximum absolute atomic E-state index is 10.9. The second kappa shape index (κ2) is 11.9. The predicted octanol–water partition coefficient (Wildman–Crippen LogP) is 5.89. The van der Waals surface area contributed by atoms with Crippen LogP contribution in [-0.4, -0.2) is 34.9 Å². The highest BCUT2D eigenvalue weighted by molar-refractivity contribution is 5.66. The molecule has 5 nitrogen and oxygen atoms in total. The third-order valence-electron chi connectivity index (χ3n) is 6.72. The normalized spacial score (nSPS) is 22.1. The smallest absolute Gasteiger partial charge is 0.306 e.